The summed E-state index contributed by atoms with van der Waals surface area (Å²) in [6.45, 7) is 1.82. The highest BCUT2D eigenvalue weighted by Crippen LogP contribution is 2.57. The monoisotopic (exact) mass is 439 g/mol. The molecule has 0 aromatic heterocycles. The smallest absolute Gasteiger partial charge is 0.343 e. The summed E-state index contributed by atoms with van der Waals surface area (Å²) in [5, 5.41) is 10.7. The molecule has 4 fully saturated rings. The van der Waals surface area contributed by atoms with Crippen LogP contribution in [-0.4, -0.2) is 29.4 Å². The molecule has 4 bridgehead atoms. The molecule has 29 heavy (non-hydrogen) atoms. The van der Waals surface area contributed by atoms with Crippen LogP contribution in [0.1, 0.15) is 51.0 Å². The zero-order valence-electron chi connectivity index (χ0n) is 16.3. The average molecular weight is 440 g/mol. The van der Waals surface area contributed by atoms with E-state index in [1.54, 1.807) is 6.92 Å². The highest BCUT2D eigenvalue weighted by atomic mass is 35.5. The van der Waals surface area contributed by atoms with Crippen molar-refractivity contribution in [3.63, 3.8) is 0 Å². The van der Waals surface area contributed by atoms with E-state index in [0.717, 1.165) is 25.3 Å². The van der Waals surface area contributed by atoms with Crippen LogP contribution in [-0.2, 0) is 9.53 Å². The third-order valence-corrected chi connectivity index (χ3v) is 7.09. The first-order valence-electron chi connectivity index (χ1n) is 10.1. The number of aliphatic hydroxyl groups is 1. The summed E-state index contributed by atoms with van der Waals surface area (Å²) in [7, 11) is 0. The Balaban J connectivity index is 1.71. The first-order valence-corrected chi connectivity index (χ1v) is 10.9. The summed E-state index contributed by atoms with van der Waals surface area (Å²) in [5.74, 6) is 0.173. The largest absolute Gasteiger partial charge is 0.506 e. The fourth-order valence-electron chi connectivity index (χ4n) is 5.69. The van der Waals surface area contributed by atoms with Crippen LogP contribution < -0.4 is 0 Å². The first-order chi connectivity index (χ1) is 13.8. The second-order valence-electron chi connectivity index (χ2n) is 8.63. The number of carbonyl (C=O) groups is 1. The minimum atomic E-state index is -0.737. The third-order valence-electron chi connectivity index (χ3n) is 6.49. The standard InChI is InChI=1S/C22H24Cl2FNO3/c1-2-29-21(28)16(20(27)15-6-19(25)18(24)7-17(15)23)11-26-22-8-12-3-13(9-22)5-14(4-12)10-22/h6-7,11-14,27H,2-5,8-10H2,1H3/b20-16-,26-11?. The van der Waals surface area contributed by atoms with E-state index in [4.69, 9.17) is 32.9 Å². The molecule has 0 spiro atoms. The van der Waals surface area contributed by atoms with Gasteiger partial charge in [0.1, 0.15) is 17.1 Å². The molecule has 0 saturated heterocycles. The summed E-state index contributed by atoms with van der Waals surface area (Å²) >= 11 is 11.9. The van der Waals surface area contributed by atoms with Gasteiger partial charge in [0.05, 0.1) is 22.2 Å². The van der Waals surface area contributed by atoms with Crippen molar-refractivity contribution < 1.29 is 19.0 Å². The van der Waals surface area contributed by atoms with Crippen LogP contribution in [0.25, 0.3) is 5.76 Å². The van der Waals surface area contributed by atoms with Crippen molar-refractivity contribution >= 4 is 41.1 Å². The SMILES string of the molecule is CCOC(=O)/C(C=NC12CC3CC(CC(C3)C1)C2)=C(\O)c1cc(F)c(Cl)cc1Cl. The van der Waals surface area contributed by atoms with Crippen molar-refractivity contribution in [2.45, 2.75) is 51.0 Å². The molecule has 4 nitrogen and oxygen atoms in total. The number of aliphatic imine (C=N–C) groups is 1. The predicted octanol–water partition coefficient (Wildman–Crippen LogP) is 6.00. The van der Waals surface area contributed by atoms with Crippen LogP contribution in [0.15, 0.2) is 22.7 Å². The summed E-state index contributed by atoms with van der Waals surface area (Å²) in [4.78, 5) is 17.4. The molecular weight excluding hydrogens is 416 g/mol. The topological polar surface area (TPSA) is 58.9 Å². The Morgan fingerprint density at radius 3 is 2.34 bits per heavy atom. The molecule has 4 aliphatic rings. The molecule has 1 aromatic rings. The zero-order valence-corrected chi connectivity index (χ0v) is 17.8. The van der Waals surface area contributed by atoms with Crippen molar-refractivity contribution in [1.82, 2.24) is 0 Å². The van der Waals surface area contributed by atoms with E-state index in [0.29, 0.717) is 17.8 Å². The minimum Gasteiger partial charge on any atom is -0.506 e. The van der Waals surface area contributed by atoms with Crippen molar-refractivity contribution in [1.29, 1.82) is 0 Å². The van der Waals surface area contributed by atoms with Crippen LogP contribution >= 0.6 is 23.2 Å². The minimum absolute atomic E-state index is 0.0198. The van der Waals surface area contributed by atoms with Gasteiger partial charge in [-0.15, -0.1) is 0 Å². The molecule has 0 amide bonds. The maximum Gasteiger partial charge on any atom is 0.343 e. The van der Waals surface area contributed by atoms with Gasteiger partial charge in [-0.2, -0.15) is 0 Å². The number of esters is 1. The highest BCUT2D eigenvalue weighted by Gasteiger charge is 2.50. The van der Waals surface area contributed by atoms with E-state index in [-0.39, 0.29) is 33.3 Å². The maximum atomic E-state index is 13.9. The van der Waals surface area contributed by atoms with Gasteiger partial charge in [0.25, 0.3) is 0 Å². The molecule has 7 heteroatoms. The highest BCUT2D eigenvalue weighted by molar-refractivity contribution is 6.36. The summed E-state index contributed by atoms with van der Waals surface area (Å²) < 4.78 is 19.0. The van der Waals surface area contributed by atoms with Gasteiger partial charge in [-0.25, -0.2) is 9.18 Å². The molecule has 0 radical (unpaired) electrons. The van der Waals surface area contributed by atoms with Crippen LogP contribution in [0.2, 0.25) is 10.0 Å². The van der Waals surface area contributed by atoms with Crippen LogP contribution in [0.4, 0.5) is 4.39 Å². The van der Waals surface area contributed by atoms with E-state index in [1.807, 2.05) is 0 Å². The average Bonchev–Trinajstić information content (AvgIpc) is 2.63. The molecule has 0 heterocycles. The fourth-order valence-corrected chi connectivity index (χ4v) is 6.17. The van der Waals surface area contributed by atoms with Gasteiger partial charge < -0.3 is 9.84 Å². The molecule has 0 aliphatic heterocycles. The Morgan fingerprint density at radius 1 is 1.21 bits per heavy atom. The molecule has 1 N–H and O–H groups in total. The summed E-state index contributed by atoms with van der Waals surface area (Å²) in [6.07, 6.45) is 8.29. The van der Waals surface area contributed by atoms with Gasteiger partial charge in [0.2, 0.25) is 0 Å². The van der Waals surface area contributed by atoms with E-state index >= 15 is 0 Å². The van der Waals surface area contributed by atoms with Gasteiger partial charge in [0, 0.05) is 11.8 Å². The first kappa shape index (κ1) is 20.7. The van der Waals surface area contributed by atoms with Crippen LogP contribution in [0.3, 0.4) is 0 Å². The Morgan fingerprint density at radius 2 is 1.79 bits per heavy atom. The Labute approximate surface area is 179 Å². The number of rotatable bonds is 5. The molecule has 0 unspecified atom stereocenters. The van der Waals surface area contributed by atoms with Crippen molar-refractivity contribution in [3.8, 4) is 0 Å². The lowest BCUT2D eigenvalue weighted by atomic mass is 9.53. The van der Waals surface area contributed by atoms with E-state index < -0.39 is 17.5 Å². The van der Waals surface area contributed by atoms with Crippen molar-refractivity contribution in [3.05, 3.63) is 39.1 Å². The molecule has 4 aliphatic carbocycles. The molecule has 0 atom stereocenters. The van der Waals surface area contributed by atoms with Gasteiger partial charge >= 0.3 is 5.97 Å². The lowest BCUT2D eigenvalue weighted by Crippen LogP contribution is -2.49. The Bertz CT molecular complexity index is 861. The fraction of sp³-hybridized carbons (Fsp3) is 0.545. The number of ether oxygens (including phenoxy) is 1. The molecular formula is C22H24Cl2FNO3. The van der Waals surface area contributed by atoms with Crippen molar-refractivity contribution in [2.24, 2.45) is 22.7 Å². The second kappa shape index (κ2) is 7.92. The van der Waals surface area contributed by atoms with E-state index in [9.17, 15) is 14.3 Å². The van der Waals surface area contributed by atoms with Gasteiger partial charge in [-0.05, 0) is 75.3 Å². The molecule has 4 saturated carbocycles. The van der Waals surface area contributed by atoms with Crippen molar-refractivity contribution in [2.75, 3.05) is 6.61 Å². The molecule has 1 aromatic carbocycles. The number of benzene rings is 1. The van der Waals surface area contributed by atoms with Gasteiger partial charge in [0.15, 0.2) is 0 Å². The van der Waals surface area contributed by atoms with Crippen LogP contribution in [0, 0.1) is 23.6 Å². The summed E-state index contributed by atoms with van der Waals surface area (Å²) in [5.41, 5.74) is -0.318. The zero-order chi connectivity index (χ0) is 20.8. The normalized spacial score (nSPS) is 31.2. The quantitative estimate of drug-likeness (QED) is 0.201. The Kier molecular flexibility index (Phi) is 5.64. The maximum absolute atomic E-state index is 13.9. The number of nitrogens with zero attached hydrogens (tertiary/aromatic N) is 1. The lowest BCUT2D eigenvalue weighted by Gasteiger charge is -2.54. The van der Waals surface area contributed by atoms with Gasteiger partial charge in [-0.1, -0.05) is 23.2 Å². The molecule has 156 valence electrons. The Hall–Kier alpha value is -1.59. The molecule has 5 rings (SSSR count). The van der Waals surface area contributed by atoms with E-state index in [2.05, 4.69) is 0 Å². The lowest BCUT2D eigenvalue weighted by molar-refractivity contribution is -0.137. The number of halogens is 3. The number of aliphatic hydroxyl groups excluding tert-OH is 1. The predicted molar refractivity (Wildman–Crippen MR) is 112 cm³/mol. The second-order valence-corrected chi connectivity index (χ2v) is 9.44. The number of hydrogen-bond donors (Lipinski definition) is 1. The number of hydrogen-bond acceptors (Lipinski definition) is 4. The summed E-state index contributed by atoms with van der Waals surface area (Å²) in [6, 6.07) is 2.21. The number of carbonyl (C=O) groups excluding carboxylic acids is 1. The third kappa shape index (κ3) is 4.04. The van der Waals surface area contributed by atoms with Gasteiger partial charge in [-0.3, -0.25) is 4.99 Å². The van der Waals surface area contributed by atoms with E-state index in [1.165, 1.54) is 31.5 Å². The van der Waals surface area contributed by atoms with Crippen LogP contribution in [0.5, 0.6) is 0 Å².